The summed E-state index contributed by atoms with van der Waals surface area (Å²) in [7, 11) is 0. The fraction of sp³-hybridized carbons (Fsp3) is 1.00. The van der Waals surface area contributed by atoms with Gasteiger partial charge in [0.25, 0.3) is 0 Å². The van der Waals surface area contributed by atoms with Gasteiger partial charge in [0.05, 0.1) is 0 Å². The summed E-state index contributed by atoms with van der Waals surface area (Å²) < 4.78 is 1.35. The van der Waals surface area contributed by atoms with Crippen LogP contribution in [0.25, 0.3) is 0 Å². The van der Waals surface area contributed by atoms with Gasteiger partial charge in [-0.25, -0.2) is 0 Å². The molecule has 0 aliphatic heterocycles. The first-order chi connectivity index (χ1) is 12.0. The molecule has 0 aromatic rings. The molecule has 0 aromatic carbocycles. The van der Waals surface area contributed by atoms with Gasteiger partial charge in [-0.3, -0.25) is 0 Å². The van der Waals surface area contributed by atoms with E-state index >= 15 is 0 Å². The molecule has 0 nitrogen and oxygen atoms in total. The molecule has 0 saturated heterocycles. The van der Waals surface area contributed by atoms with Crippen molar-refractivity contribution in [1.29, 1.82) is 0 Å². The van der Waals surface area contributed by atoms with Crippen LogP contribution in [0.5, 0.6) is 0 Å². The molecule has 4 aliphatic rings. The van der Waals surface area contributed by atoms with E-state index in [0.29, 0.717) is 10.8 Å². The van der Waals surface area contributed by atoms with E-state index in [1.165, 1.54) is 30.1 Å². The number of hydrogen-bond acceptors (Lipinski definition) is 0. The lowest BCUT2D eigenvalue weighted by Crippen LogP contribution is -2.53. The van der Waals surface area contributed by atoms with Gasteiger partial charge in [-0.05, 0) is 115 Å². The Morgan fingerprint density at radius 2 is 1.68 bits per heavy atom. The zero-order chi connectivity index (χ0) is 17.7. The van der Waals surface area contributed by atoms with Crippen LogP contribution in [0.1, 0.15) is 97.8 Å². The van der Waals surface area contributed by atoms with Gasteiger partial charge in [0.15, 0.2) is 0 Å². The van der Waals surface area contributed by atoms with Gasteiger partial charge in [-0.1, -0.05) is 56.2 Å². The lowest BCUT2D eigenvalue weighted by atomic mass is 9.44. The molecule has 4 fully saturated rings. The van der Waals surface area contributed by atoms with Crippen molar-refractivity contribution in [3.8, 4) is 0 Å². The molecule has 0 aromatic heterocycles. The maximum atomic E-state index is 2.74. The Kier molecular flexibility index (Phi) is 5.55. The molecule has 4 saturated carbocycles. The molecule has 0 heterocycles. The molecule has 144 valence electrons. The second-order valence-electron chi connectivity index (χ2n) is 10.9. The molecule has 0 bridgehead atoms. The number of halogens is 1. The SMILES string of the molecule is C[C@H](CCCI)[C@H]1CC[C@H]2[C@@H]3CC[C@H]4CCCC[C@]4(C)[C@H]3CC[C@]12C. The molecular formula is C24H41I. The largest absolute Gasteiger partial charge is 0.0864 e. The van der Waals surface area contributed by atoms with E-state index in [2.05, 4.69) is 43.4 Å². The Balaban J connectivity index is 1.53. The summed E-state index contributed by atoms with van der Waals surface area (Å²) in [5.74, 6) is 6.29. The highest BCUT2D eigenvalue weighted by Crippen LogP contribution is 2.68. The molecule has 25 heavy (non-hydrogen) atoms. The fourth-order valence-corrected chi connectivity index (χ4v) is 9.31. The van der Waals surface area contributed by atoms with Crippen molar-refractivity contribution in [2.75, 3.05) is 4.43 Å². The predicted molar refractivity (Wildman–Crippen MR) is 117 cm³/mol. The minimum atomic E-state index is 0.684. The summed E-state index contributed by atoms with van der Waals surface area (Å²) in [5.41, 5.74) is 1.40. The minimum absolute atomic E-state index is 0.684. The van der Waals surface area contributed by atoms with Crippen LogP contribution in [0.15, 0.2) is 0 Å². The van der Waals surface area contributed by atoms with Crippen LogP contribution in [0, 0.1) is 46.3 Å². The monoisotopic (exact) mass is 456 g/mol. The maximum Gasteiger partial charge on any atom is -0.000463 e. The molecule has 0 N–H and O–H groups in total. The zero-order valence-electron chi connectivity index (χ0n) is 17.0. The van der Waals surface area contributed by atoms with E-state index in [1.807, 2.05) is 0 Å². The van der Waals surface area contributed by atoms with Crippen molar-refractivity contribution >= 4 is 22.6 Å². The van der Waals surface area contributed by atoms with Crippen molar-refractivity contribution in [3.63, 3.8) is 0 Å². The molecule has 4 aliphatic carbocycles. The van der Waals surface area contributed by atoms with Crippen LogP contribution in [0.3, 0.4) is 0 Å². The third-order valence-corrected chi connectivity index (χ3v) is 10.9. The Hall–Kier alpha value is 0.730. The molecule has 8 atom stereocenters. The third kappa shape index (κ3) is 3.05. The number of fused-ring (bicyclic) bond motifs is 5. The summed E-state index contributed by atoms with van der Waals surface area (Å²) in [6, 6.07) is 0. The summed E-state index contributed by atoms with van der Waals surface area (Å²) in [6.07, 6.45) is 18.5. The van der Waals surface area contributed by atoms with Crippen LogP contribution in [0.4, 0.5) is 0 Å². The van der Waals surface area contributed by atoms with Gasteiger partial charge < -0.3 is 0 Å². The van der Waals surface area contributed by atoms with Gasteiger partial charge in [0, 0.05) is 0 Å². The first-order valence-electron chi connectivity index (χ1n) is 11.6. The molecule has 4 rings (SSSR count). The Labute approximate surface area is 170 Å². The average Bonchev–Trinajstić information content (AvgIpc) is 2.96. The van der Waals surface area contributed by atoms with Gasteiger partial charge in [0.1, 0.15) is 0 Å². The predicted octanol–water partition coefficient (Wildman–Crippen LogP) is 7.89. The summed E-state index contributed by atoms with van der Waals surface area (Å²) >= 11 is 2.57. The average molecular weight is 456 g/mol. The maximum absolute atomic E-state index is 2.74. The van der Waals surface area contributed by atoms with Gasteiger partial charge >= 0.3 is 0 Å². The van der Waals surface area contributed by atoms with Gasteiger partial charge in [0.2, 0.25) is 0 Å². The Morgan fingerprint density at radius 3 is 2.48 bits per heavy atom. The van der Waals surface area contributed by atoms with E-state index in [-0.39, 0.29) is 0 Å². The normalized spacial score (nSPS) is 50.6. The van der Waals surface area contributed by atoms with Crippen LogP contribution in [0.2, 0.25) is 0 Å². The second kappa shape index (κ2) is 7.28. The van der Waals surface area contributed by atoms with Crippen LogP contribution in [-0.2, 0) is 0 Å². The minimum Gasteiger partial charge on any atom is -0.0864 e. The second-order valence-corrected chi connectivity index (χ2v) is 12.0. The van der Waals surface area contributed by atoms with Crippen molar-refractivity contribution in [2.45, 2.75) is 97.8 Å². The van der Waals surface area contributed by atoms with Gasteiger partial charge in [-0.15, -0.1) is 0 Å². The lowest BCUT2D eigenvalue weighted by Gasteiger charge is -2.61. The molecule has 0 unspecified atom stereocenters. The smallest absolute Gasteiger partial charge is 0.000463 e. The summed E-state index contributed by atoms with van der Waals surface area (Å²) in [6.45, 7) is 8.06. The molecule has 0 spiro atoms. The van der Waals surface area contributed by atoms with E-state index in [1.54, 1.807) is 51.4 Å². The first-order valence-corrected chi connectivity index (χ1v) is 13.1. The molecule has 0 radical (unpaired) electrons. The Morgan fingerprint density at radius 1 is 0.880 bits per heavy atom. The highest BCUT2D eigenvalue weighted by atomic mass is 127. The first kappa shape index (κ1) is 19.1. The number of hydrogen-bond donors (Lipinski definition) is 0. The van der Waals surface area contributed by atoms with Crippen LogP contribution in [-0.4, -0.2) is 4.43 Å². The quantitative estimate of drug-likeness (QED) is 0.298. The van der Waals surface area contributed by atoms with E-state index < -0.39 is 0 Å². The summed E-state index contributed by atoms with van der Waals surface area (Å²) in [5, 5.41) is 0. The highest BCUT2D eigenvalue weighted by Gasteiger charge is 2.59. The van der Waals surface area contributed by atoms with Crippen molar-refractivity contribution < 1.29 is 0 Å². The van der Waals surface area contributed by atoms with Crippen molar-refractivity contribution in [2.24, 2.45) is 46.3 Å². The number of rotatable bonds is 4. The molecule has 0 amide bonds. The van der Waals surface area contributed by atoms with Crippen LogP contribution < -0.4 is 0 Å². The van der Waals surface area contributed by atoms with E-state index in [4.69, 9.17) is 0 Å². The van der Waals surface area contributed by atoms with Crippen LogP contribution >= 0.6 is 22.6 Å². The third-order valence-electron chi connectivity index (χ3n) is 10.1. The fourth-order valence-electron chi connectivity index (χ4n) is 8.87. The zero-order valence-corrected chi connectivity index (χ0v) is 19.2. The van der Waals surface area contributed by atoms with E-state index in [0.717, 1.165) is 35.5 Å². The number of alkyl halides is 1. The molecule has 1 heteroatoms. The topological polar surface area (TPSA) is 0 Å². The van der Waals surface area contributed by atoms with Crippen molar-refractivity contribution in [3.05, 3.63) is 0 Å². The standard InChI is InChI=1S/C24H41I/c1-17(7-6-16-25)20-11-12-21-19-10-9-18-8-4-5-14-23(18,2)22(19)13-15-24(20,21)3/h17-22H,4-16H2,1-3H3/t17-,18-,19+,20-,21+,22+,23+,24-/m1/s1. The highest BCUT2D eigenvalue weighted by molar-refractivity contribution is 14.1. The van der Waals surface area contributed by atoms with E-state index in [9.17, 15) is 0 Å². The van der Waals surface area contributed by atoms with Crippen molar-refractivity contribution in [1.82, 2.24) is 0 Å². The summed E-state index contributed by atoms with van der Waals surface area (Å²) in [4.78, 5) is 0. The lowest BCUT2D eigenvalue weighted by molar-refractivity contribution is -0.114. The molecular weight excluding hydrogens is 415 g/mol. The Bertz CT molecular complexity index is 473. The van der Waals surface area contributed by atoms with Gasteiger partial charge in [-0.2, -0.15) is 0 Å².